The molecule has 0 spiro atoms. The van der Waals surface area contributed by atoms with Gasteiger partial charge in [0.1, 0.15) is 11.3 Å². The first-order valence-corrected chi connectivity index (χ1v) is 10.0. The highest BCUT2D eigenvalue weighted by Gasteiger charge is 2.42. The Balaban J connectivity index is 1.63. The molecule has 1 aromatic rings. The standard InChI is InChI=1S/C20H27ClN4O4/c1-12-9-15(16(29-4)10-14(12)21)25-8-7-24(11-13(25)2)17(26)5-6-20(3)18(27)22-19(28)23-20/h9-10,13H,5-8,11H2,1-4H3,(H2,22,23,27,28)/t13-,20+/m0/s1. The van der Waals surface area contributed by atoms with Crippen molar-refractivity contribution in [3.63, 3.8) is 0 Å². The van der Waals surface area contributed by atoms with Crippen LogP contribution in [0.4, 0.5) is 10.5 Å². The molecule has 2 heterocycles. The molecular formula is C20H27ClN4O4. The monoisotopic (exact) mass is 422 g/mol. The van der Waals surface area contributed by atoms with Gasteiger partial charge in [0.15, 0.2) is 0 Å². The fourth-order valence-corrected chi connectivity index (χ4v) is 4.00. The van der Waals surface area contributed by atoms with Crippen molar-refractivity contribution >= 4 is 35.1 Å². The molecule has 2 aliphatic heterocycles. The number of amides is 4. The number of nitrogens with one attached hydrogen (secondary N) is 2. The predicted octanol–water partition coefficient (Wildman–Crippen LogP) is 2.07. The molecule has 0 bridgehead atoms. The Morgan fingerprint density at radius 1 is 1.34 bits per heavy atom. The molecule has 2 saturated heterocycles. The largest absolute Gasteiger partial charge is 0.495 e. The molecule has 1 aromatic carbocycles. The quantitative estimate of drug-likeness (QED) is 0.709. The third-order valence-corrected chi connectivity index (χ3v) is 6.11. The first-order chi connectivity index (χ1) is 13.6. The minimum atomic E-state index is -1.03. The molecule has 3 rings (SSSR count). The first kappa shape index (κ1) is 21.2. The van der Waals surface area contributed by atoms with E-state index in [1.165, 1.54) is 0 Å². The van der Waals surface area contributed by atoms with Crippen LogP contribution < -0.4 is 20.3 Å². The van der Waals surface area contributed by atoms with Gasteiger partial charge in [0.05, 0.1) is 12.8 Å². The third-order valence-electron chi connectivity index (χ3n) is 5.71. The molecule has 4 amide bonds. The van der Waals surface area contributed by atoms with Crippen molar-refractivity contribution in [1.29, 1.82) is 0 Å². The van der Waals surface area contributed by atoms with Crippen molar-refractivity contribution in [2.45, 2.75) is 45.2 Å². The maximum atomic E-state index is 12.7. The molecule has 2 fully saturated rings. The second-order valence-electron chi connectivity index (χ2n) is 7.90. The van der Waals surface area contributed by atoms with E-state index in [-0.39, 0.29) is 24.8 Å². The van der Waals surface area contributed by atoms with Gasteiger partial charge in [0.25, 0.3) is 5.91 Å². The lowest BCUT2D eigenvalue weighted by Crippen LogP contribution is -2.54. The van der Waals surface area contributed by atoms with Crippen LogP contribution in [0.25, 0.3) is 0 Å². The highest BCUT2D eigenvalue weighted by molar-refractivity contribution is 6.31. The van der Waals surface area contributed by atoms with Crippen molar-refractivity contribution in [3.05, 3.63) is 22.7 Å². The molecular weight excluding hydrogens is 396 g/mol. The number of methoxy groups -OCH3 is 1. The molecule has 9 heteroatoms. The van der Waals surface area contributed by atoms with E-state index in [0.29, 0.717) is 30.4 Å². The van der Waals surface area contributed by atoms with Gasteiger partial charge >= 0.3 is 6.03 Å². The Kier molecular flexibility index (Phi) is 5.93. The number of benzene rings is 1. The number of aryl methyl sites for hydroxylation is 1. The fraction of sp³-hybridized carbons (Fsp3) is 0.550. The van der Waals surface area contributed by atoms with Crippen LogP contribution in [0, 0.1) is 6.92 Å². The van der Waals surface area contributed by atoms with E-state index in [2.05, 4.69) is 22.5 Å². The molecule has 0 unspecified atom stereocenters. The topological polar surface area (TPSA) is 91.0 Å². The van der Waals surface area contributed by atoms with Crippen LogP contribution in [0.2, 0.25) is 5.02 Å². The number of anilines is 1. The summed E-state index contributed by atoms with van der Waals surface area (Å²) >= 11 is 6.22. The summed E-state index contributed by atoms with van der Waals surface area (Å²) in [6.07, 6.45) is 0.461. The maximum Gasteiger partial charge on any atom is 0.322 e. The van der Waals surface area contributed by atoms with E-state index in [9.17, 15) is 14.4 Å². The van der Waals surface area contributed by atoms with Gasteiger partial charge in [-0.3, -0.25) is 14.9 Å². The van der Waals surface area contributed by atoms with Gasteiger partial charge in [-0.05, 0) is 38.8 Å². The van der Waals surface area contributed by atoms with Crippen molar-refractivity contribution < 1.29 is 19.1 Å². The Bertz CT molecular complexity index is 846. The van der Waals surface area contributed by atoms with Crippen LogP contribution >= 0.6 is 11.6 Å². The minimum Gasteiger partial charge on any atom is -0.495 e. The van der Waals surface area contributed by atoms with Gasteiger partial charge in [0.2, 0.25) is 5.91 Å². The summed E-state index contributed by atoms with van der Waals surface area (Å²) in [6.45, 7) is 7.46. The van der Waals surface area contributed by atoms with Gasteiger partial charge < -0.3 is 19.9 Å². The van der Waals surface area contributed by atoms with Gasteiger partial charge in [-0.25, -0.2) is 4.79 Å². The van der Waals surface area contributed by atoms with Crippen molar-refractivity contribution in [2.75, 3.05) is 31.6 Å². The van der Waals surface area contributed by atoms with E-state index >= 15 is 0 Å². The molecule has 2 N–H and O–H groups in total. The Morgan fingerprint density at radius 2 is 2.07 bits per heavy atom. The second kappa shape index (κ2) is 8.10. The molecule has 0 saturated carbocycles. The number of rotatable bonds is 5. The SMILES string of the molecule is COc1cc(Cl)c(C)cc1N1CCN(C(=O)CC[C@@]2(C)NC(=O)NC2=O)C[C@@H]1C. The number of halogens is 1. The summed E-state index contributed by atoms with van der Waals surface area (Å²) in [5.74, 6) is 0.299. The Labute approximate surface area is 175 Å². The number of piperazine rings is 1. The van der Waals surface area contributed by atoms with E-state index in [4.69, 9.17) is 16.3 Å². The van der Waals surface area contributed by atoms with Gasteiger partial charge in [-0.1, -0.05) is 11.6 Å². The van der Waals surface area contributed by atoms with Crippen LogP contribution in [0.15, 0.2) is 12.1 Å². The number of carbonyl (C=O) groups is 3. The number of hydrogen-bond donors (Lipinski definition) is 2. The molecule has 0 aliphatic carbocycles. The number of ether oxygens (including phenoxy) is 1. The Morgan fingerprint density at radius 3 is 2.66 bits per heavy atom. The van der Waals surface area contributed by atoms with Crippen LogP contribution in [0.5, 0.6) is 5.75 Å². The second-order valence-corrected chi connectivity index (χ2v) is 8.30. The predicted molar refractivity (Wildman–Crippen MR) is 110 cm³/mol. The number of imide groups is 1. The van der Waals surface area contributed by atoms with Gasteiger partial charge in [-0.15, -0.1) is 0 Å². The zero-order valence-electron chi connectivity index (χ0n) is 17.2. The van der Waals surface area contributed by atoms with E-state index in [0.717, 1.165) is 11.3 Å². The summed E-state index contributed by atoms with van der Waals surface area (Å²) in [4.78, 5) is 40.0. The summed E-state index contributed by atoms with van der Waals surface area (Å²) in [5.41, 5.74) is 0.902. The molecule has 0 radical (unpaired) electrons. The highest BCUT2D eigenvalue weighted by atomic mass is 35.5. The zero-order valence-corrected chi connectivity index (χ0v) is 17.9. The Hall–Kier alpha value is -2.48. The van der Waals surface area contributed by atoms with E-state index in [1.54, 1.807) is 14.0 Å². The molecule has 2 atom stereocenters. The van der Waals surface area contributed by atoms with Crippen LogP contribution in [0.1, 0.15) is 32.3 Å². The fourth-order valence-electron chi connectivity index (χ4n) is 3.85. The van der Waals surface area contributed by atoms with Crippen molar-refractivity contribution in [1.82, 2.24) is 15.5 Å². The normalized spacial score (nSPS) is 24.4. The smallest absolute Gasteiger partial charge is 0.322 e. The van der Waals surface area contributed by atoms with E-state index in [1.807, 2.05) is 24.0 Å². The summed E-state index contributed by atoms with van der Waals surface area (Å²) in [7, 11) is 1.62. The first-order valence-electron chi connectivity index (χ1n) is 9.67. The number of nitrogens with zero attached hydrogens (tertiary/aromatic N) is 2. The van der Waals surface area contributed by atoms with Crippen LogP contribution in [-0.2, 0) is 9.59 Å². The number of urea groups is 1. The average molecular weight is 423 g/mol. The minimum absolute atomic E-state index is 0.0223. The summed E-state index contributed by atoms with van der Waals surface area (Å²) < 4.78 is 5.50. The third kappa shape index (κ3) is 4.27. The number of hydrogen-bond acceptors (Lipinski definition) is 5. The number of carbonyl (C=O) groups excluding carboxylic acids is 3. The van der Waals surface area contributed by atoms with Crippen LogP contribution in [0.3, 0.4) is 0 Å². The molecule has 2 aliphatic rings. The molecule has 158 valence electrons. The zero-order chi connectivity index (χ0) is 21.3. The van der Waals surface area contributed by atoms with Gasteiger partial charge in [-0.2, -0.15) is 0 Å². The lowest BCUT2D eigenvalue weighted by atomic mass is 9.95. The summed E-state index contributed by atoms with van der Waals surface area (Å²) in [5, 5.41) is 5.47. The van der Waals surface area contributed by atoms with Crippen LogP contribution in [-0.4, -0.2) is 61.1 Å². The summed E-state index contributed by atoms with van der Waals surface area (Å²) in [6, 6.07) is 3.40. The van der Waals surface area contributed by atoms with E-state index < -0.39 is 17.5 Å². The lowest BCUT2D eigenvalue weighted by molar-refractivity contribution is -0.132. The van der Waals surface area contributed by atoms with Crippen molar-refractivity contribution in [2.24, 2.45) is 0 Å². The molecule has 0 aromatic heterocycles. The average Bonchev–Trinajstić information content (AvgIpc) is 2.93. The molecule has 29 heavy (non-hydrogen) atoms. The van der Waals surface area contributed by atoms with Gasteiger partial charge in [0, 0.05) is 43.2 Å². The maximum absolute atomic E-state index is 12.7. The molecule has 8 nitrogen and oxygen atoms in total. The highest BCUT2D eigenvalue weighted by Crippen LogP contribution is 2.35. The van der Waals surface area contributed by atoms with Crippen molar-refractivity contribution in [3.8, 4) is 5.75 Å². The lowest BCUT2D eigenvalue weighted by Gasteiger charge is -2.42.